The fourth-order valence-corrected chi connectivity index (χ4v) is 6.21. The molecule has 0 bridgehead atoms. The quantitative estimate of drug-likeness (QED) is 0.132. The fraction of sp³-hybridized carbons (Fsp3) is 0.342. The first-order chi connectivity index (χ1) is 23.1. The molecular formula is C38H42N2O8. The lowest BCUT2D eigenvalue weighted by Gasteiger charge is -2.23. The number of phenolic OH excluding ortho intramolecular Hbond substituents is 3. The molecule has 4 aromatic rings. The summed E-state index contributed by atoms with van der Waals surface area (Å²) < 4.78 is 11.0. The van der Waals surface area contributed by atoms with E-state index in [9.17, 15) is 29.7 Å². The number of fused-ring (bicyclic) bond motifs is 2. The predicted molar refractivity (Wildman–Crippen MR) is 183 cm³/mol. The van der Waals surface area contributed by atoms with E-state index < -0.39 is 23.7 Å². The van der Waals surface area contributed by atoms with Crippen molar-refractivity contribution in [3.63, 3.8) is 0 Å². The van der Waals surface area contributed by atoms with Gasteiger partial charge in [0.1, 0.15) is 34.3 Å². The predicted octanol–water partition coefficient (Wildman–Crippen LogP) is 6.66. The number of hydrogen-bond acceptors (Lipinski definition) is 8. The Hall–Kier alpha value is -5.25. The Kier molecular flexibility index (Phi) is 11.1. The topological polar surface area (TPSA) is 158 Å². The molecule has 10 heteroatoms. The smallest absolute Gasteiger partial charge is 0.342 e. The first-order valence-electron chi connectivity index (χ1n) is 16.3. The number of phenols is 3. The largest absolute Gasteiger partial charge is 0.508 e. The molecule has 5 rings (SSSR count). The number of allylic oxidation sites excluding steroid dienone is 1. The number of H-pyrrole nitrogens is 1. The summed E-state index contributed by atoms with van der Waals surface area (Å²) in [6, 6.07) is 13.4. The van der Waals surface area contributed by atoms with E-state index in [1.807, 2.05) is 6.20 Å². The van der Waals surface area contributed by atoms with E-state index in [-0.39, 0.29) is 46.3 Å². The number of carbonyl (C=O) groups is 3. The summed E-state index contributed by atoms with van der Waals surface area (Å²) in [7, 11) is 1.54. The van der Waals surface area contributed by atoms with Gasteiger partial charge in [-0.3, -0.25) is 9.59 Å². The molecule has 0 fully saturated rings. The highest BCUT2D eigenvalue weighted by Crippen LogP contribution is 2.44. The van der Waals surface area contributed by atoms with Crippen molar-refractivity contribution in [1.29, 1.82) is 0 Å². The number of aromatic nitrogens is 1. The molecule has 0 radical (unpaired) electrons. The molecule has 48 heavy (non-hydrogen) atoms. The summed E-state index contributed by atoms with van der Waals surface area (Å²) >= 11 is 0. The van der Waals surface area contributed by atoms with Gasteiger partial charge in [0.25, 0.3) is 0 Å². The molecule has 0 saturated heterocycles. The zero-order valence-corrected chi connectivity index (χ0v) is 27.3. The van der Waals surface area contributed by atoms with Crippen LogP contribution in [-0.4, -0.2) is 57.7 Å². The number of methoxy groups -OCH3 is 1. The third-order valence-electron chi connectivity index (χ3n) is 8.77. The average molecular weight is 655 g/mol. The summed E-state index contributed by atoms with van der Waals surface area (Å²) in [5.74, 6) is -1.74. The Labute approximate surface area is 279 Å². The van der Waals surface area contributed by atoms with Crippen molar-refractivity contribution in [3.8, 4) is 23.0 Å². The van der Waals surface area contributed by atoms with E-state index >= 15 is 0 Å². The van der Waals surface area contributed by atoms with Gasteiger partial charge in [0, 0.05) is 54.4 Å². The van der Waals surface area contributed by atoms with Crippen molar-refractivity contribution in [1.82, 2.24) is 10.3 Å². The van der Waals surface area contributed by atoms with Crippen LogP contribution in [0.3, 0.4) is 0 Å². The van der Waals surface area contributed by atoms with Crippen molar-refractivity contribution in [3.05, 3.63) is 88.6 Å². The van der Waals surface area contributed by atoms with E-state index in [0.717, 1.165) is 16.5 Å². The molecule has 10 nitrogen and oxygen atoms in total. The number of ketones is 1. The van der Waals surface area contributed by atoms with Gasteiger partial charge in [0.05, 0.1) is 13.2 Å². The van der Waals surface area contributed by atoms with Gasteiger partial charge in [0.2, 0.25) is 5.91 Å². The van der Waals surface area contributed by atoms with Crippen molar-refractivity contribution >= 4 is 34.6 Å². The molecule has 1 amide bonds. The lowest BCUT2D eigenvalue weighted by Crippen LogP contribution is -2.27. The first kappa shape index (κ1) is 34.1. The number of hydrogen-bond donors (Lipinski definition) is 5. The van der Waals surface area contributed by atoms with Gasteiger partial charge < -0.3 is 35.1 Å². The summed E-state index contributed by atoms with van der Waals surface area (Å²) in [5.41, 5.74) is 2.64. The lowest BCUT2D eigenvalue weighted by molar-refractivity contribution is -0.121. The number of carbonyl (C=O) groups excluding carboxylic acids is 3. The minimum absolute atomic E-state index is 0.0332. The highest BCUT2D eigenvalue weighted by molar-refractivity contribution is 5.98. The number of ether oxygens (including phenoxy) is 2. The molecule has 1 aliphatic heterocycles. The van der Waals surface area contributed by atoms with E-state index in [4.69, 9.17) is 9.47 Å². The Morgan fingerprint density at radius 3 is 2.60 bits per heavy atom. The Bertz CT molecular complexity index is 1810. The normalized spacial score (nSPS) is 17.2. The molecule has 5 N–H and O–H groups in total. The molecule has 0 saturated carbocycles. The Morgan fingerprint density at radius 2 is 1.83 bits per heavy atom. The molecule has 1 aliphatic rings. The summed E-state index contributed by atoms with van der Waals surface area (Å²) in [6.45, 7) is 2.05. The van der Waals surface area contributed by atoms with Crippen LogP contribution in [0.25, 0.3) is 17.0 Å². The number of rotatable bonds is 8. The van der Waals surface area contributed by atoms with Gasteiger partial charge >= 0.3 is 5.97 Å². The molecule has 0 spiro atoms. The fourth-order valence-electron chi connectivity index (χ4n) is 6.21. The molecule has 0 aliphatic carbocycles. The van der Waals surface area contributed by atoms with E-state index in [0.29, 0.717) is 62.8 Å². The SMILES string of the molecule is COc1ccc(C(CC(=O)NCCc2c[nH]c3ccc(O)cc23)c2c(O)cc3c(c2O)C(=O)O[C@@H](C)CCCC(=O)CCC/C=C/3)cc1. The van der Waals surface area contributed by atoms with Crippen LogP contribution in [0.2, 0.25) is 0 Å². The number of benzene rings is 3. The minimum atomic E-state index is -0.834. The highest BCUT2D eigenvalue weighted by atomic mass is 16.5. The third kappa shape index (κ3) is 8.17. The maximum Gasteiger partial charge on any atom is 0.342 e. The van der Waals surface area contributed by atoms with Crippen LogP contribution < -0.4 is 10.1 Å². The maximum absolute atomic E-state index is 13.6. The number of cyclic esters (lactones) is 1. The van der Waals surface area contributed by atoms with Crippen LogP contribution in [0.15, 0.2) is 60.8 Å². The molecule has 252 valence electrons. The van der Waals surface area contributed by atoms with Crippen molar-refractivity contribution in [2.24, 2.45) is 0 Å². The summed E-state index contributed by atoms with van der Waals surface area (Å²) in [4.78, 5) is 42.4. The third-order valence-corrected chi connectivity index (χ3v) is 8.77. The Balaban J connectivity index is 1.46. The number of aromatic amines is 1. The molecule has 3 aromatic carbocycles. The summed E-state index contributed by atoms with van der Waals surface area (Å²) in [6.07, 6.45) is 8.31. The second-order valence-corrected chi connectivity index (χ2v) is 12.2. The molecule has 1 unspecified atom stereocenters. The van der Waals surface area contributed by atoms with E-state index in [2.05, 4.69) is 10.3 Å². The first-order valence-corrected chi connectivity index (χ1v) is 16.3. The van der Waals surface area contributed by atoms with Crippen molar-refractivity contribution in [2.75, 3.05) is 13.7 Å². The van der Waals surface area contributed by atoms with Gasteiger partial charge in [0.15, 0.2) is 0 Å². The number of nitrogens with one attached hydrogen (secondary N) is 2. The lowest BCUT2D eigenvalue weighted by atomic mass is 9.84. The maximum atomic E-state index is 13.6. The van der Waals surface area contributed by atoms with Gasteiger partial charge in [-0.2, -0.15) is 0 Å². The molecule has 2 heterocycles. The Morgan fingerprint density at radius 1 is 1.06 bits per heavy atom. The van der Waals surface area contributed by atoms with Crippen molar-refractivity contribution < 1.29 is 39.2 Å². The number of aromatic hydroxyl groups is 3. The molecule has 2 atom stereocenters. The van der Waals surface area contributed by atoms with Crippen LogP contribution in [-0.2, 0) is 20.7 Å². The van der Waals surface area contributed by atoms with Crippen LogP contribution in [0.5, 0.6) is 23.0 Å². The standard InChI is InChI=1S/C38H42N2O8/c1-23-7-6-10-27(41)9-5-3-4-8-25-19-33(43)36(37(45)35(25)38(46)48-23)31(24-11-14-29(47-2)15-12-24)21-34(44)39-18-17-26-22-40-32-16-13-28(42)20-30(26)32/h4,8,11-16,19-20,22-23,31,40,42-43,45H,3,5-7,9-10,17-18,21H2,1-2H3,(H,39,44)/b8-4+/t23-,31?/m0/s1. The second-order valence-electron chi connectivity index (χ2n) is 12.2. The number of Topliss-reactive ketones (excluding diaryl/α,β-unsaturated/α-hetero) is 1. The van der Waals surface area contributed by atoms with Crippen LogP contribution in [0.1, 0.15) is 90.4 Å². The van der Waals surface area contributed by atoms with E-state index in [1.165, 1.54) is 6.07 Å². The minimum Gasteiger partial charge on any atom is -0.508 e. The molecular weight excluding hydrogens is 612 g/mol. The van der Waals surface area contributed by atoms with Crippen LogP contribution in [0.4, 0.5) is 0 Å². The number of amides is 1. The van der Waals surface area contributed by atoms with Gasteiger partial charge in [-0.1, -0.05) is 24.3 Å². The van der Waals surface area contributed by atoms with Gasteiger partial charge in [-0.25, -0.2) is 4.79 Å². The van der Waals surface area contributed by atoms with Gasteiger partial charge in [-0.15, -0.1) is 0 Å². The van der Waals surface area contributed by atoms with Gasteiger partial charge in [-0.05, 0) is 92.1 Å². The number of esters is 1. The highest BCUT2D eigenvalue weighted by Gasteiger charge is 2.31. The average Bonchev–Trinajstić information content (AvgIpc) is 3.45. The zero-order chi connectivity index (χ0) is 34.2. The van der Waals surface area contributed by atoms with Crippen molar-refractivity contribution in [2.45, 2.75) is 70.3 Å². The monoisotopic (exact) mass is 654 g/mol. The van der Waals surface area contributed by atoms with Crippen LogP contribution >= 0.6 is 0 Å². The van der Waals surface area contributed by atoms with E-state index in [1.54, 1.807) is 68.7 Å². The zero-order valence-electron chi connectivity index (χ0n) is 27.3. The van der Waals surface area contributed by atoms with Crippen LogP contribution in [0, 0.1) is 0 Å². The molecule has 1 aromatic heterocycles. The summed E-state index contributed by atoms with van der Waals surface area (Å²) in [5, 5.41) is 36.9. The second kappa shape index (κ2) is 15.6.